The maximum atomic E-state index is 2.53. The molecule has 6 heteroatoms. The van der Waals surface area contributed by atoms with Crippen LogP contribution in [0.5, 0.6) is 0 Å². The second-order valence-electron chi connectivity index (χ2n) is 36.5. The van der Waals surface area contributed by atoms with Gasteiger partial charge in [-0.05, 0) is 228 Å². The predicted octanol–water partition coefficient (Wildman–Crippen LogP) is 32.2. The Hall–Kier alpha value is -2.10. The molecule has 1 unspecified atom stereocenters. The summed E-state index contributed by atoms with van der Waals surface area (Å²) in [5.74, 6) is 0. The van der Waals surface area contributed by atoms with Crippen molar-refractivity contribution >= 4 is 79.4 Å². The quantitative estimate of drug-likeness (QED) is 0.113. The molecule has 0 amide bonds. The summed E-state index contributed by atoms with van der Waals surface area (Å²) in [5.41, 5.74) is 14.6. The molecule has 2 fully saturated rings. The first kappa shape index (κ1) is 108. The molecule has 2 aliphatic rings. The Labute approximate surface area is 661 Å². The molecule has 0 N–H and O–H groups in total. The zero-order valence-corrected chi connectivity index (χ0v) is 75.3. The number of rotatable bonds is 11. The fourth-order valence-electron chi connectivity index (χ4n) is 17.2. The Bertz CT molecular complexity index is 3030. The van der Waals surface area contributed by atoms with Crippen molar-refractivity contribution in [2.24, 2.45) is 0 Å². The Morgan fingerprint density at radius 3 is 0.817 bits per heavy atom. The molecule has 0 aliphatic heterocycles. The van der Waals surface area contributed by atoms with Gasteiger partial charge in [0.25, 0.3) is 0 Å². The van der Waals surface area contributed by atoms with Gasteiger partial charge in [0.2, 0.25) is 0 Å². The van der Waals surface area contributed by atoms with E-state index >= 15 is 0 Å². The van der Waals surface area contributed by atoms with Gasteiger partial charge in [-0.3, -0.25) is 0 Å². The largest absolute Gasteiger partial charge is 0.0959 e. The molecule has 0 bridgehead atoms. The molecule has 1 atom stereocenters. The molecule has 0 aromatic heterocycles. The van der Waals surface area contributed by atoms with E-state index in [0.29, 0.717) is 31.4 Å². The van der Waals surface area contributed by atoms with Gasteiger partial charge in [-0.15, -0.1) is 0 Å². The molecule has 6 aromatic carbocycles. The van der Waals surface area contributed by atoms with Crippen LogP contribution >= 0.6 is 47.5 Å². The number of aryl methyl sites for hydroxylation is 7. The minimum Gasteiger partial charge on any atom is -0.0959 e. The SMILES string of the molecule is C.C.C.C.C.C.CC(C)(C)P(C(C)(C)C)C(C)(C)C.CC(C)(C)P(C1CCCCC1)C1CCCCC1.CC(C)(C)P(c1ccccc1)c1ccccc1.CC(C)P(C(C)C)C(C)(C)C.Cc1cc(C)c(P(c2c(C)cccc2C)C(C)(C)C)c(C)c1.Cc1ccccc1P(c1ccccc1C)C(C)C. The molecule has 2 aliphatic carbocycles. The van der Waals surface area contributed by atoms with E-state index in [0.717, 1.165) is 22.6 Å². The molecular weight excluding hydrogens is 1360 g/mol. The highest BCUT2D eigenvalue weighted by atomic mass is 31.1. The van der Waals surface area contributed by atoms with E-state index in [1.807, 2.05) is 0 Å². The van der Waals surface area contributed by atoms with Crippen molar-refractivity contribution in [3.05, 3.63) is 178 Å². The third kappa shape index (κ3) is 34.7. The number of benzene rings is 6. The summed E-state index contributed by atoms with van der Waals surface area (Å²) in [5, 5.41) is 12.1. The van der Waals surface area contributed by atoms with Crippen molar-refractivity contribution in [1.29, 1.82) is 0 Å². The maximum Gasteiger partial charge on any atom is -0.00988 e. The average molecular weight is 1540 g/mol. The highest BCUT2D eigenvalue weighted by Gasteiger charge is 2.42. The van der Waals surface area contributed by atoms with Gasteiger partial charge in [0, 0.05) is 0 Å². The van der Waals surface area contributed by atoms with Gasteiger partial charge >= 0.3 is 0 Å². The van der Waals surface area contributed by atoms with E-state index in [9.17, 15) is 0 Å². The number of hydrogen-bond donors (Lipinski definition) is 0. The van der Waals surface area contributed by atoms with Crippen LogP contribution in [0.3, 0.4) is 0 Å². The molecule has 8 rings (SSSR count). The lowest BCUT2D eigenvalue weighted by atomic mass is 9.99. The highest BCUT2D eigenvalue weighted by molar-refractivity contribution is 7.75. The Morgan fingerprint density at radius 1 is 0.288 bits per heavy atom. The lowest BCUT2D eigenvalue weighted by Crippen LogP contribution is -2.34. The normalized spacial score (nSPS) is 14.2. The first-order valence-corrected chi connectivity index (χ1v) is 46.6. The van der Waals surface area contributed by atoms with Crippen LogP contribution in [0.25, 0.3) is 0 Å². The minimum absolute atomic E-state index is 0. The molecule has 0 nitrogen and oxygen atoms in total. The molecule has 104 heavy (non-hydrogen) atoms. The molecule has 6 aromatic rings. The Morgan fingerprint density at radius 2 is 0.577 bits per heavy atom. The minimum atomic E-state index is -0.388. The van der Waals surface area contributed by atoms with Gasteiger partial charge in [0.15, 0.2) is 0 Å². The Kier molecular flexibility index (Phi) is 49.9. The first-order chi connectivity index (χ1) is 45.0. The standard InChI is InChI=1S/C21H29P.C17H21P.C16H31P.C16H19P.C12H27P.C10H23P.6CH4/c1-14-12-17(4)20(18(5)13-14)22(21(6,7)8)19-15(2)10-9-11-16(19)3;1-13(2)18(16-11-7-5-9-14(16)3)17-12-8-6-10-15(17)4;2*1-16(2,3)17(14-10-6-4-7-11-14)15-12-8-5-9-13-15;1-10(2,3)13(11(4,5)6)12(7,8)9;1-8(2)11(9(3)4)10(5,6)7;;;;;;/h9-13H,1-8H3;5-13H,1-4H3;14-15H,4-13H2,1-3H3;4-13H,1-3H3;1-9H3;8-9H,1-7H3;6*1H4. The summed E-state index contributed by atoms with van der Waals surface area (Å²) >= 11 is 0. The Balaban J connectivity index is -0.000000577. The monoisotopic (exact) mass is 1540 g/mol. The van der Waals surface area contributed by atoms with E-state index < -0.39 is 0 Å². The van der Waals surface area contributed by atoms with Crippen molar-refractivity contribution in [1.82, 2.24) is 0 Å². The van der Waals surface area contributed by atoms with Gasteiger partial charge < -0.3 is 0 Å². The van der Waals surface area contributed by atoms with Crippen molar-refractivity contribution in [3.63, 3.8) is 0 Å². The van der Waals surface area contributed by atoms with Crippen LogP contribution in [-0.4, -0.2) is 64.4 Å². The summed E-state index contributed by atoms with van der Waals surface area (Å²) < 4.78 is 0. The van der Waals surface area contributed by atoms with Gasteiger partial charge in [-0.1, -0.05) is 439 Å². The smallest absolute Gasteiger partial charge is 0.00988 e. The first-order valence-electron chi connectivity index (χ1n) is 38.2. The van der Waals surface area contributed by atoms with Crippen LogP contribution in [0.4, 0.5) is 0 Å². The van der Waals surface area contributed by atoms with E-state index in [1.165, 1.54) is 98.7 Å². The highest BCUT2D eigenvalue weighted by Crippen LogP contribution is 2.67. The molecule has 0 heterocycles. The summed E-state index contributed by atoms with van der Waals surface area (Å²) in [7, 11) is -0.473. The lowest BCUT2D eigenvalue weighted by Gasteiger charge is -2.49. The van der Waals surface area contributed by atoms with Gasteiger partial charge in [0.1, 0.15) is 0 Å². The average Bonchev–Trinajstić information content (AvgIpc) is 0.770. The van der Waals surface area contributed by atoms with Gasteiger partial charge in [-0.25, -0.2) is 0 Å². The lowest BCUT2D eigenvalue weighted by molar-refractivity contribution is 0.475. The molecule has 0 spiro atoms. The predicted molar refractivity (Wildman–Crippen MR) is 509 cm³/mol. The zero-order chi connectivity index (χ0) is 74.7. The summed E-state index contributed by atoms with van der Waals surface area (Å²) in [4.78, 5) is 0. The van der Waals surface area contributed by atoms with Crippen LogP contribution < -0.4 is 31.8 Å². The van der Waals surface area contributed by atoms with Crippen LogP contribution in [-0.2, 0) is 0 Å². The maximum absolute atomic E-state index is 2.53. The summed E-state index contributed by atoms with van der Waals surface area (Å²) in [6.45, 7) is 80.2. The van der Waals surface area contributed by atoms with E-state index in [2.05, 4.69) is 375 Å². The third-order valence-electron chi connectivity index (χ3n) is 18.8. The van der Waals surface area contributed by atoms with Gasteiger partial charge in [0.05, 0.1) is 0 Å². The van der Waals surface area contributed by atoms with Crippen LogP contribution in [0.1, 0.15) is 335 Å². The van der Waals surface area contributed by atoms with Crippen LogP contribution in [0.15, 0.2) is 140 Å². The van der Waals surface area contributed by atoms with E-state index in [1.54, 1.807) is 36.3 Å². The topological polar surface area (TPSA) is 0 Å². The van der Waals surface area contributed by atoms with Crippen LogP contribution in [0, 0.1) is 48.5 Å². The second-order valence-corrected chi connectivity index (χ2v) is 57.7. The summed E-state index contributed by atoms with van der Waals surface area (Å²) in [6.07, 6.45) is 15.3. The van der Waals surface area contributed by atoms with Crippen molar-refractivity contribution in [2.45, 2.75) is 409 Å². The van der Waals surface area contributed by atoms with E-state index in [-0.39, 0.29) is 102 Å². The second kappa shape index (κ2) is 48.0. The third-order valence-corrected chi connectivity index (χ3v) is 40.4. The molecule has 0 saturated heterocycles. The van der Waals surface area contributed by atoms with Crippen LogP contribution in [0.2, 0.25) is 0 Å². The van der Waals surface area contributed by atoms with Crippen molar-refractivity contribution < 1.29 is 0 Å². The molecule has 0 radical (unpaired) electrons. The molecular formula is C98H174P6. The van der Waals surface area contributed by atoms with Crippen molar-refractivity contribution in [3.8, 4) is 0 Å². The van der Waals surface area contributed by atoms with Crippen molar-refractivity contribution in [2.75, 3.05) is 0 Å². The zero-order valence-electron chi connectivity index (χ0n) is 69.9. The fraction of sp³-hybridized carbons (Fsp3) is 0.633. The molecule has 2 saturated carbocycles. The summed E-state index contributed by atoms with van der Waals surface area (Å²) in [6, 6.07) is 50.8. The number of hydrogen-bond acceptors (Lipinski definition) is 0. The fourth-order valence-corrected chi connectivity index (χ4v) is 40.9. The van der Waals surface area contributed by atoms with E-state index in [4.69, 9.17) is 0 Å². The van der Waals surface area contributed by atoms with Gasteiger partial charge in [-0.2, -0.15) is 0 Å². The molecule has 596 valence electrons.